The van der Waals surface area contributed by atoms with Gasteiger partial charge in [0.25, 0.3) is 11.8 Å². The second-order valence-corrected chi connectivity index (χ2v) is 11.1. The van der Waals surface area contributed by atoms with E-state index in [2.05, 4.69) is 31.9 Å². The van der Waals surface area contributed by atoms with Gasteiger partial charge in [0.05, 0.1) is 16.3 Å². The van der Waals surface area contributed by atoms with E-state index in [4.69, 9.17) is 11.6 Å². The van der Waals surface area contributed by atoms with Gasteiger partial charge in [-0.3, -0.25) is 14.4 Å². The third-order valence-corrected chi connectivity index (χ3v) is 7.50. The summed E-state index contributed by atoms with van der Waals surface area (Å²) in [5, 5.41) is 17.5. The number of thioether (sulfide) groups is 1. The smallest absolute Gasteiger partial charge is 0.337 e. The number of amides is 3. The first-order valence-corrected chi connectivity index (χ1v) is 14.5. The third-order valence-electron chi connectivity index (χ3n) is 5.65. The Hall–Kier alpha value is -4.38. The van der Waals surface area contributed by atoms with Crippen LogP contribution < -0.4 is 16.0 Å². The van der Waals surface area contributed by atoms with Crippen molar-refractivity contribution in [2.24, 2.45) is 0 Å². The number of halogens is 2. The molecule has 0 spiro atoms. The van der Waals surface area contributed by atoms with E-state index in [-0.39, 0.29) is 27.9 Å². The van der Waals surface area contributed by atoms with Crippen LogP contribution >= 0.6 is 39.3 Å². The van der Waals surface area contributed by atoms with E-state index in [9.17, 15) is 24.3 Å². The summed E-state index contributed by atoms with van der Waals surface area (Å²) in [4.78, 5) is 50.6. The predicted molar refractivity (Wildman–Crippen MR) is 169 cm³/mol. The van der Waals surface area contributed by atoms with E-state index in [1.807, 2.05) is 12.1 Å². The molecule has 0 radical (unpaired) electrons. The average Bonchev–Trinajstić information content (AvgIpc) is 2.98. The molecule has 0 fully saturated rings. The van der Waals surface area contributed by atoms with Crippen LogP contribution in [0.25, 0.3) is 6.08 Å². The zero-order valence-electron chi connectivity index (χ0n) is 21.8. The molecule has 0 unspecified atom stereocenters. The van der Waals surface area contributed by atoms with Gasteiger partial charge in [0, 0.05) is 26.3 Å². The van der Waals surface area contributed by atoms with E-state index in [0.29, 0.717) is 27.4 Å². The third kappa shape index (κ3) is 8.81. The quantitative estimate of drug-likeness (QED) is 0.108. The lowest BCUT2D eigenvalue weighted by atomic mass is 10.1. The predicted octanol–water partition coefficient (Wildman–Crippen LogP) is 6.94. The van der Waals surface area contributed by atoms with Gasteiger partial charge in [-0.2, -0.15) is 0 Å². The van der Waals surface area contributed by atoms with Crippen molar-refractivity contribution in [2.45, 2.75) is 4.90 Å². The molecule has 4 aromatic rings. The van der Waals surface area contributed by atoms with Crippen LogP contribution in [0.15, 0.2) is 112 Å². The number of hydrogen-bond acceptors (Lipinski definition) is 5. The van der Waals surface area contributed by atoms with Gasteiger partial charge >= 0.3 is 5.97 Å². The van der Waals surface area contributed by atoms with Crippen LogP contribution in [0.3, 0.4) is 0 Å². The van der Waals surface area contributed by atoms with Gasteiger partial charge in [0.15, 0.2) is 0 Å². The summed E-state index contributed by atoms with van der Waals surface area (Å²) in [6.07, 6.45) is 1.58. The minimum absolute atomic E-state index is 0.0320. The van der Waals surface area contributed by atoms with Crippen molar-refractivity contribution in [1.82, 2.24) is 5.32 Å². The summed E-state index contributed by atoms with van der Waals surface area (Å²) in [5.41, 5.74) is 1.83. The van der Waals surface area contributed by atoms with E-state index in [1.54, 1.807) is 72.8 Å². The van der Waals surface area contributed by atoms with Crippen molar-refractivity contribution < 1.29 is 24.3 Å². The van der Waals surface area contributed by atoms with Gasteiger partial charge in [-0.15, -0.1) is 11.8 Å². The molecule has 0 bridgehead atoms. The Balaban J connectivity index is 1.43. The Morgan fingerprint density at radius 2 is 1.55 bits per heavy atom. The number of anilines is 2. The van der Waals surface area contributed by atoms with E-state index in [1.165, 1.54) is 30.0 Å². The molecule has 42 heavy (non-hydrogen) atoms. The zero-order valence-corrected chi connectivity index (χ0v) is 24.9. The molecule has 4 aromatic carbocycles. The van der Waals surface area contributed by atoms with Crippen molar-refractivity contribution >= 4 is 80.4 Å². The number of carbonyl (C=O) groups is 4. The van der Waals surface area contributed by atoms with Gasteiger partial charge in [0.2, 0.25) is 5.91 Å². The minimum atomic E-state index is -1.20. The van der Waals surface area contributed by atoms with E-state index >= 15 is 0 Å². The summed E-state index contributed by atoms with van der Waals surface area (Å²) in [6.45, 7) is 0. The Bertz CT molecular complexity index is 1660. The summed E-state index contributed by atoms with van der Waals surface area (Å²) in [7, 11) is 0. The van der Waals surface area contributed by atoms with E-state index < -0.39 is 17.8 Å². The van der Waals surface area contributed by atoms with Crippen molar-refractivity contribution in [1.29, 1.82) is 0 Å². The fraction of sp³-hybridized carbons (Fsp3) is 0.0323. The molecule has 0 aliphatic carbocycles. The Morgan fingerprint density at radius 3 is 2.26 bits per heavy atom. The van der Waals surface area contributed by atoms with Crippen molar-refractivity contribution in [3.8, 4) is 0 Å². The Labute approximate surface area is 259 Å². The molecule has 0 saturated heterocycles. The number of aromatic carboxylic acids is 1. The Kier molecular flexibility index (Phi) is 10.6. The van der Waals surface area contributed by atoms with Crippen LogP contribution in [0.4, 0.5) is 11.4 Å². The van der Waals surface area contributed by atoms with E-state index in [0.717, 1.165) is 4.47 Å². The molecule has 0 saturated carbocycles. The number of nitrogens with one attached hydrogen (secondary N) is 3. The number of carbonyl (C=O) groups excluding carboxylic acids is 3. The number of rotatable bonds is 10. The first kappa shape index (κ1) is 30.6. The molecule has 0 aliphatic heterocycles. The van der Waals surface area contributed by atoms with Gasteiger partial charge in [-0.05, 0) is 72.3 Å². The van der Waals surface area contributed by atoms with Crippen molar-refractivity contribution in [3.63, 3.8) is 0 Å². The lowest BCUT2D eigenvalue weighted by molar-refractivity contribution is -0.114. The van der Waals surface area contributed by atoms with Crippen molar-refractivity contribution in [2.75, 3.05) is 16.4 Å². The van der Waals surface area contributed by atoms with Crippen LogP contribution in [0.1, 0.15) is 26.3 Å². The largest absolute Gasteiger partial charge is 0.478 e. The van der Waals surface area contributed by atoms with Crippen LogP contribution in [0, 0.1) is 0 Å². The molecule has 4 N–H and O–H groups in total. The highest BCUT2D eigenvalue weighted by Crippen LogP contribution is 2.24. The molecule has 0 atom stereocenters. The lowest BCUT2D eigenvalue weighted by Gasteiger charge is -2.12. The monoisotopic (exact) mass is 663 g/mol. The summed E-state index contributed by atoms with van der Waals surface area (Å²) in [5.74, 6) is -2.47. The minimum Gasteiger partial charge on any atom is -0.478 e. The SMILES string of the molecule is O=C(CSc1cccc(NC(=O)/C(=C/c2ccc(Br)cc2)NC(=O)c2ccccc2)c1)Nc1ccc(Cl)c(C(=O)O)c1. The summed E-state index contributed by atoms with van der Waals surface area (Å²) < 4.78 is 0.875. The van der Waals surface area contributed by atoms with Gasteiger partial charge in [-0.1, -0.05) is 63.9 Å². The maximum atomic E-state index is 13.3. The highest BCUT2D eigenvalue weighted by Gasteiger charge is 2.16. The first-order valence-electron chi connectivity index (χ1n) is 12.4. The number of benzene rings is 4. The highest BCUT2D eigenvalue weighted by atomic mass is 79.9. The summed E-state index contributed by atoms with van der Waals surface area (Å²) >= 11 is 10.5. The fourth-order valence-corrected chi connectivity index (χ4v) is 4.86. The first-order chi connectivity index (χ1) is 20.2. The van der Waals surface area contributed by atoms with Crippen LogP contribution in [0.2, 0.25) is 5.02 Å². The molecule has 8 nitrogen and oxygen atoms in total. The van der Waals surface area contributed by atoms with Crippen molar-refractivity contribution in [3.05, 3.63) is 129 Å². The normalized spacial score (nSPS) is 11.0. The van der Waals surface area contributed by atoms with Gasteiger partial charge in [0.1, 0.15) is 5.70 Å². The lowest BCUT2D eigenvalue weighted by Crippen LogP contribution is -2.30. The fourth-order valence-electron chi connectivity index (χ4n) is 3.64. The zero-order chi connectivity index (χ0) is 30.1. The highest BCUT2D eigenvalue weighted by molar-refractivity contribution is 9.10. The molecule has 3 amide bonds. The summed E-state index contributed by atoms with van der Waals surface area (Å²) in [6, 6.07) is 27.0. The number of carboxylic acid groups (broad SMARTS) is 1. The van der Waals surface area contributed by atoms with Crippen LogP contribution in [0.5, 0.6) is 0 Å². The molecular formula is C31H23BrClN3O5S. The average molecular weight is 665 g/mol. The Morgan fingerprint density at radius 1 is 0.833 bits per heavy atom. The maximum absolute atomic E-state index is 13.3. The molecular weight excluding hydrogens is 642 g/mol. The number of hydrogen-bond donors (Lipinski definition) is 4. The van der Waals surface area contributed by atoms with Gasteiger partial charge in [-0.25, -0.2) is 4.79 Å². The van der Waals surface area contributed by atoms with Crippen LogP contribution in [-0.4, -0.2) is 34.6 Å². The molecule has 0 heterocycles. The molecule has 0 aromatic heterocycles. The molecule has 11 heteroatoms. The number of carboxylic acids is 1. The maximum Gasteiger partial charge on any atom is 0.337 e. The standard InChI is InChI=1S/C31H23BrClN3O5S/c32-21-11-9-19(10-12-21)15-27(36-29(38)20-5-2-1-3-6-20)30(39)35-22-7-4-8-24(16-22)42-18-28(37)34-23-13-14-26(33)25(17-23)31(40)41/h1-17H,18H2,(H,34,37)(H,35,39)(H,36,38)(H,40,41)/b27-15-. The van der Waals surface area contributed by atoms with Crippen LogP contribution in [-0.2, 0) is 9.59 Å². The molecule has 212 valence electrons. The topological polar surface area (TPSA) is 125 Å². The molecule has 0 aliphatic rings. The van der Waals surface area contributed by atoms with Gasteiger partial charge < -0.3 is 21.1 Å². The second-order valence-electron chi connectivity index (χ2n) is 8.75. The molecule has 4 rings (SSSR count). The second kappa shape index (κ2) is 14.5.